The van der Waals surface area contributed by atoms with Crippen LogP contribution in [0, 0.1) is 16.2 Å². The summed E-state index contributed by atoms with van der Waals surface area (Å²) in [7, 11) is 3.91. The lowest BCUT2D eigenvalue weighted by Gasteiger charge is -2.17. The summed E-state index contributed by atoms with van der Waals surface area (Å²) in [5.41, 5.74) is 2.21. The van der Waals surface area contributed by atoms with Crippen molar-refractivity contribution in [2.45, 2.75) is 0 Å². The Kier molecular flexibility index (Phi) is 3.66. The Hall–Kier alpha value is -2.14. The number of rotatable bonds is 3. The van der Waals surface area contributed by atoms with Crippen LogP contribution in [-0.4, -0.2) is 30.5 Å². The predicted octanol–water partition coefficient (Wildman–Crippen LogP) is 2.57. The van der Waals surface area contributed by atoms with E-state index in [9.17, 15) is 14.5 Å². The number of hydrogen-bond acceptors (Lipinski definition) is 3. The SMILES string of the molecule is CN(C)CC1=C/C(=C2/C=C[C-]([N+](=O)[O-])C=C2F)C=C1. The van der Waals surface area contributed by atoms with Gasteiger partial charge in [0, 0.05) is 17.3 Å². The number of nitrogens with zero attached hydrogens (tertiary/aromatic N) is 2. The lowest BCUT2D eigenvalue weighted by Crippen LogP contribution is -2.13. The summed E-state index contributed by atoms with van der Waals surface area (Å²) in [5.74, 6) is -0.573. The van der Waals surface area contributed by atoms with Gasteiger partial charge in [-0.15, -0.1) is 0 Å². The molecule has 0 amide bonds. The molecule has 5 heteroatoms. The van der Waals surface area contributed by atoms with Gasteiger partial charge < -0.3 is 4.90 Å². The molecular formula is C14H14FN2O2-. The number of halogens is 1. The average molecular weight is 261 g/mol. The first kappa shape index (κ1) is 13.3. The highest BCUT2D eigenvalue weighted by Gasteiger charge is 2.15. The summed E-state index contributed by atoms with van der Waals surface area (Å²) in [6, 6.07) is -0.235. The topological polar surface area (TPSA) is 46.4 Å². The van der Waals surface area contributed by atoms with Crippen LogP contribution >= 0.6 is 0 Å². The van der Waals surface area contributed by atoms with Crippen LogP contribution in [0.4, 0.5) is 4.39 Å². The van der Waals surface area contributed by atoms with Crippen molar-refractivity contribution in [2.24, 2.45) is 0 Å². The van der Waals surface area contributed by atoms with Crippen LogP contribution in [-0.2, 0) is 0 Å². The lowest BCUT2D eigenvalue weighted by atomic mass is 10.0. The van der Waals surface area contributed by atoms with Crippen molar-refractivity contribution in [2.75, 3.05) is 20.6 Å². The van der Waals surface area contributed by atoms with E-state index in [1.54, 1.807) is 0 Å². The van der Waals surface area contributed by atoms with Gasteiger partial charge in [0.1, 0.15) is 0 Å². The molecule has 0 heterocycles. The van der Waals surface area contributed by atoms with Crippen LogP contribution in [0.1, 0.15) is 0 Å². The molecule has 0 aliphatic heterocycles. The number of nitro groups is 1. The summed E-state index contributed by atoms with van der Waals surface area (Å²) in [6.45, 7) is 0.772. The van der Waals surface area contributed by atoms with Crippen molar-refractivity contribution >= 4 is 0 Å². The minimum atomic E-state index is -0.602. The first-order valence-electron chi connectivity index (χ1n) is 5.82. The van der Waals surface area contributed by atoms with Crippen LogP contribution in [0.15, 0.2) is 59.0 Å². The summed E-state index contributed by atoms with van der Waals surface area (Å²) >= 11 is 0. The first-order chi connectivity index (χ1) is 8.97. The van der Waals surface area contributed by atoms with Crippen LogP contribution < -0.4 is 0 Å². The van der Waals surface area contributed by atoms with E-state index in [1.807, 2.05) is 37.2 Å². The summed E-state index contributed by atoms with van der Waals surface area (Å²) in [6.07, 6.45) is 9.36. The zero-order chi connectivity index (χ0) is 14.0. The van der Waals surface area contributed by atoms with E-state index in [1.165, 1.54) is 12.2 Å². The van der Waals surface area contributed by atoms with E-state index in [4.69, 9.17) is 0 Å². The normalized spacial score (nSPS) is 22.0. The Bertz CT molecular complexity index is 554. The van der Waals surface area contributed by atoms with Crippen molar-refractivity contribution in [3.8, 4) is 0 Å². The van der Waals surface area contributed by atoms with Crippen molar-refractivity contribution in [3.05, 3.63) is 75.2 Å². The van der Waals surface area contributed by atoms with Gasteiger partial charge in [0.25, 0.3) is 0 Å². The van der Waals surface area contributed by atoms with Gasteiger partial charge in [-0.2, -0.15) is 6.08 Å². The van der Waals surface area contributed by atoms with E-state index < -0.39 is 10.8 Å². The average Bonchev–Trinajstić information content (AvgIpc) is 2.76. The molecule has 0 saturated carbocycles. The lowest BCUT2D eigenvalue weighted by molar-refractivity contribution is -0.448. The van der Waals surface area contributed by atoms with Crippen LogP contribution in [0.25, 0.3) is 0 Å². The summed E-state index contributed by atoms with van der Waals surface area (Å²) in [5, 5.41) is 10.6. The second-order valence-corrected chi connectivity index (χ2v) is 4.67. The van der Waals surface area contributed by atoms with Crippen molar-refractivity contribution in [1.29, 1.82) is 0 Å². The molecule has 0 aromatic carbocycles. The minimum Gasteiger partial charge on any atom is -0.305 e. The van der Waals surface area contributed by atoms with Gasteiger partial charge in [-0.1, -0.05) is 36.0 Å². The van der Waals surface area contributed by atoms with Gasteiger partial charge in [-0.05, 0) is 25.2 Å². The Morgan fingerprint density at radius 2 is 2.11 bits per heavy atom. The molecule has 19 heavy (non-hydrogen) atoms. The van der Waals surface area contributed by atoms with Gasteiger partial charge in [0.05, 0.1) is 0 Å². The minimum absolute atomic E-state index is 0.235. The standard InChI is InChI=1S/C14H14FN2O2/c1-16(2)9-10-3-4-11(7-10)13-6-5-12(17(18)19)8-14(13)15/h3-8H,9H2,1-2H3/q-1/b13-11-. The third kappa shape index (κ3) is 3.00. The summed E-state index contributed by atoms with van der Waals surface area (Å²) < 4.78 is 13.9. The number of hydrogen-bond donors (Lipinski definition) is 0. The molecule has 2 rings (SSSR count). The highest BCUT2D eigenvalue weighted by Crippen LogP contribution is 2.30. The second-order valence-electron chi connectivity index (χ2n) is 4.67. The maximum absolute atomic E-state index is 13.9. The van der Waals surface area contributed by atoms with Gasteiger partial charge in [0.2, 0.25) is 0 Å². The predicted molar refractivity (Wildman–Crippen MR) is 71.4 cm³/mol. The monoisotopic (exact) mass is 261 g/mol. The Balaban J connectivity index is 2.25. The molecule has 100 valence electrons. The van der Waals surface area contributed by atoms with Crippen molar-refractivity contribution < 1.29 is 9.31 Å². The molecule has 0 saturated heterocycles. The van der Waals surface area contributed by atoms with Crippen molar-refractivity contribution in [1.82, 2.24) is 4.90 Å². The Morgan fingerprint density at radius 1 is 1.37 bits per heavy atom. The van der Waals surface area contributed by atoms with Gasteiger partial charge in [-0.3, -0.25) is 14.5 Å². The van der Waals surface area contributed by atoms with Crippen LogP contribution in [0.5, 0.6) is 0 Å². The Morgan fingerprint density at radius 3 is 2.68 bits per heavy atom. The van der Waals surface area contributed by atoms with Crippen LogP contribution in [0.2, 0.25) is 0 Å². The molecule has 0 unspecified atom stereocenters. The van der Waals surface area contributed by atoms with E-state index >= 15 is 0 Å². The molecule has 4 nitrogen and oxygen atoms in total. The van der Waals surface area contributed by atoms with E-state index in [2.05, 4.69) is 0 Å². The third-order valence-electron chi connectivity index (χ3n) is 2.79. The maximum Gasteiger partial charge on any atom is 0.166 e. The molecule has 0 aromatic rings. The molecule has 0 bridgehead atoms. The fourth-order valence-electron chi connectivity index (χ4n) is 1.98. The molecule has 2 aliphatic carbocycles. The first-order valence-corrected chi connectivity index (χ1v) is 5.82. The molecular weight excluding hydrogens is 247 g/mol. The Labute approximate surface area is 111 Å². The van der Waals surface area contributed by atoms with E-state index in [0.717, 1.165) is 23.8 Å². The smallest absolute Gasteiger partial charge is 0.166 e. The van der Waals surface area contributed by atoms with Gasteiger partial charge in [0.15, 0.2) is 6.04 Å². The number of likely N-dealkylation sites (N-methyl/N-ethyl adjacent to an activating group) is 1. The molecule has 0 atom stereocenters. The zero-order valence-electron chi connectivity index (χ0n) is 10.8. The molecule has 0 N–H and O–H groups in total. The van der Waals surface area contributed by atoms with Crippen molar-refractivity contribution in [3.63, 3.8) is 0 Å². The molecule has 0 spiro atoms. The van der Waals surface area contributed by atoms with E-state index in [-0.39, 0.29) is 6.04 Å². The highest BCUT2D eigenvalue weighted by molar-refractivity contribution is 5.58. The molecule has 2 aliphatic rings. The molecule has 0 aromatic heterocycles. The second kappa shape index (κ2) is 5.24. The zero-order valence-corrected chi connectivity index (χ0v) is 10.8. The van der Waals surface area contributed by atoms with Crippen LogP contribution in [0.3, 0.4) is 0 Å². The van der Waals surface area contributed by atoms with Gasteiger partial charge in [-0.25, -0.2) is 0 Å². The fourth-order valence-corrected chi connectivity index (χ4v) is 1.98. The molecule has 0 radical (unpaired) electrons. The fraction of sp³-hybridized carbons (Fsp3) is 0.214. The summed E-state index contributed by atoms with van der Waals surface area (Å²) in [4.78, 5) is 12.0. The van der Waals surface area contributed by atoms with Gasteiger partial charge >= 0.3 is 0 Å². The molecule has 0 fully saturated rings. The largest absolute Gasteiger partial charge is 0.305 e. The number of allylic oxidation sites excluding steroid dienone is 6. The maximum atomic E-state index is 13.9. The highest BCUT2D eigenvalue weighted by atomic mass is 19.1. The quantitative estimate of drug-likeness (QED) is 0.445. The third-order valence-corrected chi connectivity index (χ3v) is 2.79. The van der Waals surface area contributed by atoms with E-state index in [0.29, 0.717) is 5.57 Å².